The number of sulfone groups is 1. The first-order valence-corrected chi connectivity index (χ1v) is 10.7. The number of rotatable bonds is 6. The van der Waals surface area contributed by atoms with Crippen molar-refractivity contribution in [2.24, 2.45) is 0 Å². The average Bonchev–Trinajstić information content (AvgIpc) is 2.91. The van der Waals surface area contributed by atoms with E-state index in [1.807, 2.05) is 30.3 Å². The fourth-order valence-electron chi connectivity index (χ4n) is 3.94. The molecule has 142 valence electrons. The lowest BCUT2D eigenvalue weighted by molar-refractivity contribution is -0.142. The second kappa shape index (κ2) is 7.75. The van der Waals surface area contributed by atoms with Gasteiger partial charge in [0.1, 0.15) is 0 Å². The van der Waals surface area contributed by atoms with Crippen molar-refractivity contribution in [2.45, 2.75) is 31.3 Å². The molecule has 0 bridgehead atoms. The molecule has 2 saturated heterocycles. The third-order valence-corrected chi connectivity index (χ3v) is 6.85. The molecule has 2 heterocycles. The van der Waals surface area contributed by atoms with Crippen molar-refractivity contribution in [1.82, 2.24) is 9.80 Å². The van der Waals surface area contributed by atoms with Crippen LogP contribution in [0.25, 0.3) is 0 Å². The Kier molecular flexibility index (Phi) is 5.62. The Hall–Kier alpha value is -1.93. The SMILES string of the molecule is O=C(O)CN1CCN(C(=O)CCCc2ccccc2)[C@H]2CS(=O)(=O)C[C@H]21. The summed E-state index contributed by atoms with van der Waals surface area (Å²) in [5, 5.41) is 9.04. The van der Waals surface area contributed by atoms with Gasteiger partial charge in [-0.25, -0.2) is 8.42 Å². The molecule has 0 saturated carbocycles. The first-order valence-electron chi connectivity index (χ1n) is 8.85. The van der Waals surface area contributed by atoms with Crippen molar-refractivity contribution in [3.8, 4) is 0 Å². The van der Waals surface area contributed by atoms with Crippen LogP contribution in [-0.2, 0) is 25.8 Å². The number of fused-ring (bicyclic) bond motifs is 1. The molecule has 7 nitrogen and oxygen atoms in total. The third-order valence-electron chi connectivity index (χ3n) is 5.15. The van der Waals surface area contributed by atoms with Crippen molar-refractivity contribution in [2.75, 3.05) is 31.1 Å². The van der Waals surface area contributed by atoms with Crippen LogP contribution in [0.15, 0.2) is 30.3 Å². The minimum absolute atomic E-state index is 0.0389. The summed E-state index contributed by atoms with van der Waals surface area (Å²) in [6, 6.07) is 9.08. The highest BCUT2D eigenvalue weighted by molar-refractivity contribution is 7.91. The van der Waals surface area contributed by atoms with E-state index in [0.29, 0.717) is 25.9 Å². The Labute approximate surface area is 153 Å². The highest BCUT2D eigenvalue weighted by Gasteiger charge is 2.48. The summed E-state index contributed by atoms with van der Waals surface area (Å²) in [5.74, 6) is -1.16. The van der Waals surface area contributed by atoms with Crippen LogP contribution in [-0.4, -0.2) is 78.4 Å². The van der Waals surface area contributed by atoms with Crippen LogP contribution in [0.5, 0.6) is 0 Å². The Morgan fingerprint density at radius 3 is 2.46 bits per heavy atom. The summed E-state index contributed by atoms with van der Waals surface area (Å²) < 4.78 is 24.2. The van der Waals surface area contributed by atoms with Crippen LogP contribution in [0, 0.1) is 0 Å². The van der Waals surface area contributed by atoms with Crippen LogP contribution in [0.2, 0.25) is 0 Å². The number of carboxylic acids is 1. The second-order valence-corrected chi connectivity index (χ2v) is 9.16. The molecule has 0 unspecified atom stereocenters. The molecule has 26 heavy (non-hydrogen) atoms. The fraction of sp³-hybridized carbons (Fsp3) is 0.556. The maximum Gasteiger partial charge on any atom is 0.317 e. The Morgan fingerprint density at radius 2 is 1.77 bits per heavy atom. The van der Waals surface area contributed by atoms with Gasteiger partial charge >= 0.3 is 5.97 Å². The van der Waals surface area contributed by atoms with Crippen molar-refractivity contribution in [3.05, 3.63) is 35.9 Å². The minimum atomic E-state index is -3.26. The lowest BCUT2D eigenvalue weighted by Crippen LogP contribution is -2.61. The minimum Gasteiger partial charge on any atom is -0.480 e. The number of benzene rings is 1. The first-order chi connectivity index (χ1) is 12.4. The summed E-state index contributed by atoms with van der Waals surface area (Å²) in [6.45, 7) is 0.592. The Balaban J connectivity index is 1.62. The molecule has 1 N–H and O–H groups in total. The maximum absolute atomic E-state index is 12.7. The van der Waals surface area contributed by atoms with Gasteiger partial charge in [0, 0.05) is 25.6 Å². The van der Waals surface area contributed by atoms with Crippen molar-refractivity contribution < 1.29 is 23.1 Å². The third kappa shape index (κ3) is 4.42. The maximum atomic E-state index is 12.7. The summed E-state index contributed by atoms with van der Waals surface area (Å²) in [4.78, 5) is 27.1. The molecular formula is C18H24N2O5S. The van der Waals surface area contributed by atoms with Gasteiger partial charge in [0.2, 0.25) is 5.91 Å². The van der Waals surface area contributed by atoms with E-state index in [0.717, 1.165) is 6.42 Å². The predicted molar refractivity (Wildman–Crippen MR) is 96.5 cm³/mol. The number of piperazine rings is 1. The highest BCUT2D eigenvalue weighted by atomic mass is 32.2. The Bertz CT molecular complexity index is 765. The zero-order valence-electron chi connectivity index (χ0n) is 14.6. The molecular weight excluding hydrogens is 356 g/mol. The molecule has 0 aliphatic carbocycles. The number of hydrogen-bond acceptors (Lipinski definition) is 5. The lowest BCUT2D eigenvalue weighted by Gasteiger charge is -2.43. The molecule has 0 aromatic heterocycles. The van der Waals surface area contributed by atoms with E-state index < -0.39 is 27.9 Å². The van der Waals surface area contributed by atoms with E-state index in [4.69, 9.17) is 5.11 Å². The number of carbonyl (C=O) groups excluding carboxylic acids is 1. The van der Waals surface area contributed by atoms with Crippen LogP contribution < -0.4 is 0 Å². The largest absolute Gasteiger partial charge is 0.480 e. The van der Waals surface area contributed by atoms with Gasteiger partial charge in [0.05, 0.1) is 24.1 Å². The van der Waals surface area contributed by atoms with Gasteiger partial charge in [-0.05, 0) is 18.4 Å². The molecule has 3 rings (SSSR count). The van der Waals surface area contributed by atoms with E-state index in [2.05, 4.69) is 0 Å². The quantitative estimate of drug-likeness (QED) is 0.768. The molecule has 2 atom stereocenters. The number of nitrogens with zero attached hydrogens (tertiary/aromatic N) is 2. The standard InChI is InChI=1S/C18H24N2O5S/c21-17(8-4-7-14-5-2-1-3-6-14)20-10-9-19(11-18(22)23)15-12-26(24,25)13-16(15)20/h1-3,5-6,15-16H,4,7-13H2,(H,22,23)/t15-,16+/m1/s1. The molecule has 0 radical (unpaired) electrons. The molecule has 1 aromatic carbocycles. The number of carbonyl (C=O) groups is 2. The zero-order valence-corrected chi connectivity index (χ0v) is 15.4. The molecule has 0 spiro atoms. The summed E-state index contributed by atoms with van der Waals surface area (Å²) in [5.41, 5.74) is 1.17. The average molecular weight is 380 g/mol. The topological polar surface area (TPSA) is 95.0 Å². The van der Waals surface area contributed by atoms with Gasteiger partial charge < -0.3 is 10.0 Å². The summed E-state index contributed by atoms with van der Waals surface area (Å²) in [6.07, 6.45) is 1.89. The molecule has 1 aromatic rings. The number of amides is 1. The van der Waals surface area contributed by atoms with Crippen LogP contribution in [0.4, 0.5) is 0 Å². The molecule has 2 aliphatic heterocycles. The van der Waals surface area contributed by atoms with Gasteiger partial charge in [0.15, 0.2) is 9.84 Å². The van der Waals surface area contributed by atoms with Gasteiger partial charge in [-0.2, -0.15) is 0 Å². The number of aliphatic carboxylic acids is 1. The monoisotopic (exact) mass is 380 g/mol. The molecule has 8 heteroatoms. The van der Waals surface area contributed by atoms with E-state index in [1.54, 1.807) is 9.80 Å². The molecule has 2 aliphatic rings. The highest BCUT2D eigenvalue weighted by Crippen LogP contribution is 2.27. The van der Waals surface area contributed by atoms with Crippen LogP contribution >= 0.6 is 0 Å². The lowest BCUT2D eigenvalue weighted by atomic mass is 10.0. The second-order valence-electron chi connectivity index (χ2n) is 7.00. The first kappa shape index (κ1) is 18.8. The van der Waals surface area contributed by atoms with Gasteiger partial charge in [-0.15, -0.1) is 0 Å². The van der Waals surface area contributed by atoms with E-state index in [9.17, 15) is 18.0 Å². The van der Waals surface area contributed by atoms with Crippen LogP contribution in [0.3, 0.4) is 0 Å². The number of aryl methyl sites for hydroxylation is 1. The summed E-state index contributed by atoms with van der Waals surface area (Å²) in [7, 11) is -3.26. The predicted octanol–water partition coefficient (Wildman–Crippen LogP) is 0.404. The van der Waals surface area contributed by atoms with Gasteiger partial charge in [-0.1, -0.05) is 30.3 Å². The van der Waals surface area contributed by atoms with Crippen molar-refractivity contribution in [3.63, 3.8) is 0 Å². The van der Waals surface area contributed by atoms with Crippen molar-refractivity contribution >= 4 is 21.7 Å². The molecule has 1 amide bonds. The Morgan fingerprint density at radius 1 is 1.08 bits per heavy atom. The van der Waals surface area contributed by atoms with Crippen molar-refractivity contribution in [1.29, 1.82) is 0 Å². The number of hydrogen-bond donors (Lipinski definition) is 1. The zero-order chi connectivity index (χ0) is 18.7. The van der Waals surface area contributed by atoms with E-state index in [-0.39, 0.29) is 24.0 Å². The van der Waals surface area contributed by atoms with E-state index in [1.165, 1.54) is 5.56 Å². The molecule has 2 fully saturated rings. The van der Waals surface area contributed by atoms with E-state index >= 15 is 0 Å². The smallest absolute Gasteiger partial charge is 0.317 e. The van der Waals surface area contributed by atoms with Crippen LogP contribution in [0.1, 0.15) is 18.4 Å². The fourth-order valence-corrected chi connectivity index (χ4v) is 5.95. The number of carboxylic acid groups (broad SMARTS) is 1. The van der Waals surface area contributed by atoms with Gasteiger partial charge in [0.25, 0.3) is 0 Å². The normalized spacial score (nSPS) is 25.0. The summed E-state index contributed by atoms with van der Waals surface area (Å²) >= 11 is 0. The van der Waals surface area contributed by atoms with Gasteiger partial charge in [-0.3, -0.25) is 14.5 Å².